The van der Waals surface area contributed by atoms with E-state index >= 15 is 0 Å². The number of hydrogen-bond acceptors (Lipinski definition) is 4. The molecule has 5 nitrogen and oxygen atoms in total. The molecule has 0 spiro atoms. The van der Waals surface area contributed by atoms with Crippen LogP contribution in [0.2, 0.25) is 0 Å². The molecule has 0 fully saturated rings. The average Bonchev–Trinajstić information content (AvgIpc) is 3.51. The van der Waals surface area contributed by atoms with E-state index in [1.165, 1.54) is 73.1 Å². The summed E-state index contributed by atoms with van der Waals surface area (Å²) in [4.78, 5) is 0. The average molecular weight is 633 g/mol. The molecular weight excluding hydrogens is 585 g/mol. The minimum absolute atomic E-state index is 0.0541. The summed E-state index contributed by atoms with van der Waals surface area (Å²) in [7, 11) is 0. The molecule has 6 heteroatoms. The number of hydrogen-bond donors (Lipinski definition) is 0. The Morgan fingerprint density at radius 3 is 1.86 bits per heavy atom. The zero-order chi connectivity index (χ0) is 29.2. The molecule has 0 bridgehead atoms. The predicted molar refractivity (Wildman–Crippen MR) is 176 cm³/mol. The van der Waals surface area contributed by atoms with Gasteiger partial charge in [0.2, 0.25) is 0 Å². The summed E-state index contributed by atoms with van der Waals surface area (Å²) in [6, 6.07) is 25.1. The van der Waals surface area contributed by atoms with Crippen LogP contribution in [0, 0.1) is 0 Å². The molecule has 0 radical (unpaired) electrons. The Kier molecular flexibility index (Phi) is 14.0. The Labute approximate surface area is 259 Å². The number of ether oxygens (including phenoxy) is 2. The molecule has 0 aliphatic rings. The van der Waals surface area contributed by atoms with E-state index in [4.69, 9.17) is 9.47 Å². The van der Waals surface area contributed by atoms with Crippen molar-refractivity contribution in [2.45, 2.75) is 90.9 Å². The third-order valence-corrected chi connectivity index (χ3v) is 9.70. The molecule has 4 aromatic rings. The molecule has 1 aromatic heterocycles. The summed E-state index contributed by atoms with van der Waals surface area (Å²) < 4.78 is 16.9. The molecule has 0 atom stereocenters. The zero-order valence-corrected chi connectivity index (χ0v) is 27.2. The van der Waals surface area contributed by atoms with Gasteiger partial charge in [-0.25, -0.2) is 0 Å². The molecule has 0 N–H and O–H groups in total. The monoisotopic (exact) mass is 633 g/mol. The third kappa shape index (κ3) is 10.0. The summed E-state index contributed by atoms with van der Waals surface area (Å²) in [6.07, 6.45) is 17.1. The van der Waals surface area contributed by atoms with Crippen LogP contribution in [0.3, 0.4) is 0 Å². The molecule has 0 saturated carbocycles. The van der Waals surface area contributed by atoms with Crippen LogP contribution in [0.1, 0.15) is 90.9 Å². The number of benzene rings is 3. The topological polar surface area (TPSA) is 49.2 Å². The van der Waals surface area contributed by atoms with Crippen LogP contribution < -0.4 is 18.4 Å². The first kappa shape index (κ1) is 31.8. The van der Waals surface area contributed by atoms with Crippen molar-refractivity contribution in [3.05, 3.63) is 79.0 Å². The molecule has 0 aliphatic heterocycles. The van der Waals surface area contributed by atoms with Gasteiger partial charge in [-0.1, -0.05) is 26.2 Å². The van der Waals surface area contributed by atoms with E-state index in [0.29, 0.717) is 0 Å². The van der Waals surface area contributed by atoms with Crippen LogP contribution in [0.4, 0.5) is 0 Å². The molecular formula is C36H47N3O2Se. The second-order valence-electron chi connectivity index (χ2n) is 10.8. The summed E-state index contributed by atoms with van der Waals surface area (Å²) in [5.74, 6) is 1.86. The Bertz CT molecular complexity index is 1320. The van der Waals surface area contributed by atoms with Crippen LogP contribution in [-0.4, -0.2) is 43.2 Å². The van der Waals surface area contributed by atoms with Crippen molar-refractivity contribution in [3.8, 4) is 28.4 Å². The molecule has 4 rings (SSSR count). The first-order valence-electron chi connectivity index (χ1n) is 15.9. The van der Waals surface area contributed by atoms with E-state index in [2.05, 4.69) is 78.8 Å². The van der Waals surface area contributed by atoms with Crippen molar-refractivity contribution >= 4 is 23.9 Å². The molecule has 0 amide bonds. The summed E-state index contributed by atoms with van der Waals surface area (Å²) in [6.45, 7) is 6.01. The van der Waals surface area contributed by atoms with E-state index in [-0.39, 0.29) is 15.0 Å². The number of nitrogens with zero attached hydrogens (tertiary/aromatic N) is 3. The second-order valence-corrected chi connectivity index (χ2v) is 13.1. The Morgan fingerprint density at radius 2 is 1.14 bits per heavy atom. The van der Waals surface area contributed by atoms with Gasteiger partial charge in [0.15, 0.2) is 0 Å². The van der Waals surface area contributed by atoms with E-state index in [0.717, 1.165) is 54.5 Å². The fourth-order valence-corrected chi connectivity index (χ4v) is 7.09. The molecule has 3 aromatic carbocycles. The van der Waals surface area contributed by atoms with E-state index in [9.17, 15) is 0 Å². The normalized spacial score (nSPS) is 11.1. The van der Waals surface area contributed by atoms with Crippen LogP contribution in [-0.2, 0) is 0 Å². The number of aromatic nitrogens is 3. The Morgan fingerprint density at radius 1 is 0.595 bits per heavy atom. The molecule has 42 heavy (non-hydrogen) atoms. The molecule has 224 valence electrons. The van der Waals surface area contributed by atoms with Gasteiger partial charge in [-0.15, -0.1) is 0 Å². The van der Waals surface area contributed by atoms with Crippen LogP contribution in [0.25, 0.3) is 16.9 Å². The van der Waals surface area contributed by atoms with Crippen molar-refractivity contribution < 1.29 is 9.47 Å². The zero-order valence-electron chi connectivity index (χ0n) is 25.5. The molecule has 0 aliphatic carbocycles. The maximum absolute atomic E-state index is 6.27. The number of rotatable bonds is 20. The van der Waals surface area contributed by atoms with Crippen molar-refractivity contribution in [3.63, 3.8) is 0 Å². The Hall–Kier alpha value is -3.08. The van der Waals surface area contributed by atoms with E-state index < -0.39 is 0 Å². The van der Waals surface area contributed by atoms with E-state index in [1.807, 2.05) is 29.1 Å². The van der Waals surface area contributed by atoms with Gasteiger partial charge in [0, 0.05) is 0 Å². The molecule has 0 unspecified atom stereocenters. The van der Waals surface area contributed by atoms with E-state index in [1.54, 1.807) is 0 Å². The van der Waals surface area contributed by atoms with Gasteiger partial charge in [-0.2, -0.15) is 0 Å². The van der Waals surface area contributed by atoms with Gasteiger partial charge in [-0.05, 0) is 0 Å². The molecule has 0 saturated heterocycles. The van der Waals surface area contributed by atoms with Crippen LogP contribution in [0.15, 0.2) is 79.0 Å². The fourth-order valence-electron chi connectivity index (χ4n) is 4.94. The summed E-state index contributed by atoms with van der Waals surface area (Å²) in [5, 5.41) is 9.11. The van der Waals surface area contributed by atoms with Gasteiger partial charge < -0.3 is 0 Å². The summed E-state index contributed by atoms with van der Waals surface area (Å²) in [5.41, 5.74) is 2.84. The molecule has 1 heterocycles. The van der Waals surface area contributed by atoms with Crippen molar-refractivity contribution in [2.75, 3.05) is 13.2 Å². The fraction of sp³-hybridized carbons (Fsp3) is 0.444. The van der Waals surface area contributed by atoms with Crippen molar-refractivity contribution in [1.82, 2.24) is 15.0 Å². The standard InChI is InChI=1S/C36H47N3O2Se/c1-3-5-7-9-11-19-27-40-33-23-15-13-21-30(33)31-29-39(38-37-31)32-22-14-17-25-35(32)42-36-26-18-16-24-34(36)41-28-20-12-10-8-6-4-2/h13-18,21-26,29H,3-12,19-20,27-28H2,1-2H3. The minimum atomic E-state index is 0.0541. The van der Waals surface area contributed by atoms with Gasteiger partial charge in [0.1, 0.15) is 0 Å². The van der Waals surface area contributed by atoms with Crippen LogP contribution in [0.5, 0.6) is 11.5 Å². The first-order valence-corrected chi connectivity index (χ1v) is 17.6. The second kappa shape index (κ2) is 18.5. The maximum atomic E-state index is 6.27. The number of unbranched alkanes of at least 4 members (excludes halogenated alkanes) is 10. The number of para-hydroxylation sites is 3. The van der Waals surface area contributed by atoms with Gasteiger partial charge in [0.25, 0.3) is 0 Å². The van der Waals surface area contributed by atoms with Gasteiger partial charge in [-0.3, -0.25) is 0 Å². The van der Waals surface area contributed by atoms with Gasteiger partial charge >= 0.3 is 234 Å². The third-order valence-electron chi connectivity index (χ3n) is 7.35. The Balaban J connectivity index is 1.40. The first-order chi connectivity index (χ1) is 20.8. The van der Waals surface area contributed by atoms with Crippen LogP contribution >= 0.6 is 0 Å². The SMILES string of the molecule is CCCCCCCCOc1ccccc1[Se]c1ccccc1-n1cc(-c2ccccc2OCCCCCCCC)nn1. The van der Waals surface area contributed by atoms with Crippen molar-refractivity contribution in [1.29, 1.82) is 0 Å². The quantitative estimate of drug-likeness (QED) is 0.0731. The van der Waals surface area contributed by atoms with Gasteiger partial charge in [0.05, 0.1) is 0 Å². The van der Waals surface area contributed by atoms with Crippen molar-refractivity contribution in [2.24, 2.45) is 0 Å². The predicted octanol–water partition coefficient (Wildman–Crippen LogP) is 8.07. The summed E-state index contributed by atoms with van der Waals surface area (Å²) >= 11 is 0.0541.